The van der Waals surface area contributed by atoms with Crippen LogP contribution < -0.4 is 5.32 Å². The van der Waals surface area contributed by atoms with Gasteiger partial charge in [0.05, 0.1) is 10.6 Å². The molecule has 0 heterocycles. The van der Waals surface area contributed by atoms with Gasteiger partial charge >= 0.3 is 0 Å². The number of rotatable bonds is 6. The maximum atomic E-state index is 12.6. The lowest BCUT2D eigenvalue weighted by molar-refractivity contribution is 0.589. The molecule has 0 aliphatic carbocycles. The molecule has 0 unspecified atom stereocenters. The third-order valence-corrected chi connectivity index (χ3v) is 3.88. The van der Waals surface area contributed by atoms with Gasteiger partial charge in [-0.3, -0.25) is 0 Å². The molecule has 0 aromatic heterocycles. The van der Waals surface area contributed by atoms with E-state index in [0.717, 1.165) is 25.1 Å². The van der Waals surface area contributed by atoms with Crippen molar-refractivity contribution in [2.75, 3.05) is 18.8 Å². The van der Waals surface area contributed by atoms with Crippen LogP contribution in [-0.2, 0) is 9.84 Å². The summed E-state index contributed by atoms with van der Waals surface area (Å²) in [5.41, 5.74) is 0. The molecule has 0 radical (unpaired) electrons. The Morgan fingerprint density at radius 2 is 1.81 bits per heavy atom. The van der Waals surface area contributed by atoms with Crippen molar-refractivity contribution < 1.29 is 12.8 Å². The van der Waals surface area contributed by atoms with Crippen molar-refractivity contribution >= 4 is 9.84 Å². The quantitative estimate of drug-likeness (QED) is 0.611. The van der Waals surface area contributed by atoms with Crippen LogP contribution in [0.3, 0.4) is 0 Å². The van der Waals surface area contributed by atoms with E-state index in [1.807, 2.05) is 6.92 Å². The average Bonchev–Trinajstić information content (AvgIpc) is 2.25. The van der Waals surface area contributed by atoms with Crippen LogP contribution in [0.25, 0.3) is 0 Å². The second-order valence-electron chi connectivity index (χ2n) is 3.52. The minimum Gasteiger partial charge on any atom is -0.316 e. The first kappa shape index (κ1) is 13.1. The molecule has 16 heavy (non-hydrogen) atoms. The molecule has 0 aliphatic heterocycles. The van der Waals surface area contributed by atoms with Crippen LogP contribution in [0.1, 0.15) is 13.3 Å². The number of sulfone groups is 1. The highest BCUT2D eigenvalue weighted by molar-refractivity contribution is 7.91. The lowest BCUT2D eigenvalue weighted by Gasteiger charge is -2.05. The summed E-state index contributed by atoms with van der Waals surface area (Å²) in [5.74, 6) is -0.387. The van der Waals surface area contributed by atoms with Crippen LogP contribution in [0.4, 0.5) is 4.39 Å². The zero-order valence-corrected chi connectivity index (χ0v) is 10.1. The van der Waals surface area contributed by atoms with Crippen LogP contribution in [0.2, 0.25) is 0 Å². The monoisotopic (exact) mass is 245 g/mol. The maximum absolute atomic E-state index is 12.6. The highest BCUT2D eigenvalue weighted by Gasteiger charge is 2.13. The van der Waals surface area contributed by atoms with Crippen molar-refractivity contribution in [2.24, 2.45) is 0 Å². The summed E-state index contributed by atoms with van der Waals surface area (Å²) in [7, 11) is -3.29. The fourth-order valence-electron chi connectivity index (χ4n) is 1.27. The van der Waals surface area contributed by atoms with Gasteiger partial charge in [-0.15, -0.1) is 0 Å². The third kappa shape index (κ3) is 3.90. The molecule has 90 valence electrons. The predicted molar refractivity (Wildman–Crippen MR) is 61.6 cm³/mol. The zero-order valence-electron chi connectivity index (χ0n) is 9.24. The fourth-order valence-corrected chi connectivity index (χ4v) is 2.47. The summed E-state index contributed by atoms with van der Waals surface area (Å²) in [6.07, 6.45) is 0.969. The first-order valence-corrected chi connectivity index (χ1v) is 6.90. The van der Waals surface area contributed by atoms with Gasteiger partial charge in [0, 0.05) is 6.54 Å². The number of benzene rings is 1. The number of nitrogens with one attached hydrogen (secondary N) is 1. The Bertz CT molecular complexity index is 414. The van der Waals surface area contributed by atoms with Gasteiger partial charge in [-0.25, -0.2) is 12.8 Å². The molecular formula is C11H16FNO2S. The summed E-state index contributed by atoms with van der Waals surface area (Å²) in [5, 5.41) is 3.02. The Balaban J connectivity index is 2.60. The van der Waals surface area contributed by atoms with Crippen LogP contribution in [-0.4, -0.2) is 27.3 Å². The lowest BCUT2D eigenvalue weighted by atomic mass is 10.4. The Morgan fingerprint density at radius 1 is 1.19 bits per heavy atom. The molecule has 1 rings (SSSR count). The molecule has 0 saturated carbocycles. The van der Waals surface area contributed by atoms with E-state index < -0.39 is 15.7 Å². The molecule has 1 aromatic carbocycles. The van der Waals surface area contributed by atoms with Gasteiger partial charge < -0.3 is 5.32 Å². The minimum absolute atomic E-state index is 0.0403. The Kier molecular flexibility index (Phi) is 4.89. The molecule has 5 heteroatoms. The number of halogens is 1. The van der Waals surface area contributed by atoms with E-state index >= 15 is 0 Å². The fraction of sp³-hybridized carbons (Fsp3) is 0.455. The van der Waals surface area contributed by atoms with E-state index in [-0.39, 0.29) is 10.6 Å². The summed E-state index contributed by atoms with van der Waals surface area (Å²) in [6, 6.07) is 4.91. The van der Waals surface area contributed by atoms with Gasteiger partial charge in [0.15, 0.2) is 9.84 Å². The molecule has 1 N–H and O–H groups in total. The van der Waals surface area contributed by atoms with Gasteiger partial charge in [-0.05, 0) is 37.2 Å². The largest absolute Gasteiger partial charge is 0.316 e. The van der Waals surface area contributed by atoms with Crippen LogP contribution in [0.5, 0.6) is 0 Å². The van der Waals surface area contributed by atoms with E-state index in [2.05, 4.69) is 5.32 Å². The molecule has 0 atom stereocenters. The molecule has 0 fully saturated rings. The highest BCUT2D eigenvalue weighted by atomic mass is 32.2. The highest BCUT2D eigenvalue weighted by Crippen LogP contribution is 2.11. The molecule has 0 aliphatic rings. The summed E-state index contributed by atoms with van der Waals surface area (Å²) in [6.45, 7) is 3.24. The van der Waals surface area contributed by atoms with Crippen molar-refractivity contribution in [3.05, 3.63) is 30.1 Å². The lowest BCUT2D eigenvalue weighted by Crippen LogP contribution is -2.23. The predicted octanol–water partition coefficient (Wildman–Crippen LogP) is 1.60. The summed E-state index contributed by atoms with van der Waals surface area (Å²) in [4.78, 5) is 0.173. The molecular weight excluding hydrogens is 229 g/mol. The van der Waals surface area contributed by atoms with Gasteiger partial charge in [-0.2, -0.15) is 0 Å². The molecule has 0 saturated heterocycles. The topological polar surface area (TPSA) is 46.2 Å². The first-order valence-electron chi connectivity index (χ1n) is 5.25. The van der Waals surface area contributed by atoms with Gasteiger partial charge in [-0.1, -0.05) is 6.92 Å². The van der Waals surface area contributed by atoms with Crippen LogP contribution >= 0.6 is 0 Å². The maximum Gasteiger partial charge on any atom is 0.179 e. The Hall–Kier alpha value is -0.940. The van der Waals surface area contributed by atoms with Crippen molar-refractivity contribution in [1.82, 2.24) is 5.32 Å². The van der Waals surface area contributed by atoms with Gasteiger partial charge in [0.2, 0.25) is 0 Å². The molecule has 0 spiro atoms. The van der Waals surface area contributed by atoms with Crippen molar-refractivity contribution in [2.45, 2.75) is 18.2 Å². The first-order chi connectivity index (χ1) is 7.56. The SMILES string of the molecule is CCCNCCS(=O)(=O)c1ccc(F)cc1. The van der Waals surface area contributed by atoms with E-state index in [1.165, 1.54) is 12.1 Å². The standard InChI is InChI=1S/C11H16FNO2S/c1-2-7-13-8-9-16(14,15)11-5-3-10(12)4-6-11/h3-6,13H,2,7-9H2,1H3. The Labute approximate surface area is 95.6 Å². The molecule has 0 amide bonds. The minimum atomic E-state index is -3.29. The van der Waals surface area contributed by atoms with E-state index in [4.69, 9.17) is 0 Å². The molecule has 0 bridgehead atoms. The van der Waals surface area contributed by atoms with Crippen LogP contribution in [0, 0.1) is 5.82 Å². The smallest absolute Gasteiger partial charge is 0.179 e. The van der Waals surface area contributed by atoms with Crippen molar-refractivity contribution in [3.63, 3.8) is 0 Å². The van der Waals surface area contributed by atoms with Gasteiger partial charge in [0.1, 0.15) is 5.82 Å². The Morgan fingerprint density at radius 3 is 2.38 bits per heavy atom. The third-order valence-electron chi connectivity index (χ3n) is 2.15. The van der Waals surface area contributed by atoms with Crippen molar-refractivity contribution in [3.8, 4) is 0 Å². The average molecular weight is 245 g/mol. The van der Waals surface area contributed by atoms with Crippen molar-refractivity contribution in [1.29, 1.82) is 0 Å². The zero-order chi connectivity index (χ0) is 12.0. The summed E-state index contributed by atoms with van der Waals surface area (Å²) < 4.78 is 36.1. The molecule has 1 aromatic rings. The second-order valence-corrected chi connectivity index (χ2v) is 5.63. The summed E-state index contributed by atoms with van der Waals surface area (Å²) >= 11 is 0. The van der Waals surface area contributed by atoms with Crippen LogP contribution in [0.15, 0.2) is 29.2 Å². The number of hydrogen-bond acceptors (Lipinski definition) is 3. The van der Waals surface area contributed by atoms with E-state index in [1.54, 1.807) is 0 Å². The van der Waals surface area contributed by atoms with Gasteiger partial charge in [0.25, 0.3) is 0 Å². The molecule has 3 nitrogen and oxygen atoms in total. The van der Waals surface area contributed by atoms with E-state index in [0.29, 0.717) is 6.54 Å². The number of hydrogen-bond donors (Lipinski definition) is 1. The van der Waals surface area contributed by atoms with E-state index in [9.17, 15) is 12.8 Å². The normalized spacial score (nSPS) is 11.6. The second kappa shape index (κ2) is 5.96.